The summed E-state index contributed by atoms with van der Waals surface area (Å²) in [4.78, 5) is 17.4. The van der Waals surface area contributed by atoms with E-state index in [9.17, 15) is 9.90 Å². The third-order valence-corrected chi connectivity index (χ3v) is 6.53. The highest BCUT2D eigenvalue weighted by Crippen LogP contribution is 2.41. The van der Waals surface area contributed by atoms with Crippen molar-refractivity contribution in [3.8, 4) is 0 Å². The zero-order valence-electron chi connectivity index (χ0n) is 11.6. The van der Waals surface area contributed by atoms with Crippen molar-refractivity contribution in [1.82, 2.24) is 4.90 Å². The Morgan fingerprint density at radius 1 is 1.33 bits per heavy atom. The number of nitrogens with zero attached hydrogens (tertiary/aromatic N) is 1. The van der Waals surface area contributed by atoms with Crippen molar-refractivity contribution < 1.29 is 9.90 Å². The summed E-state index contributed by atoms with van der Waals surface area (Å²) in [6.45, 7) is 2.93. The SMILES string of the molecule is Cc1ccc(C(c2ccc(Br)s2)N2CCCC2C(=O)O)s1. The Hall–Kier alpha value is -0.690. The van der Waals surface area contributed by atoms with Gasteiger partial charge in [-0.3, -0.25) is 9.69 Å². The normalized spacial score (nSPS) is 20.8. The van der Waals surface area contributed by atoms with Gasteiger partial charge in [0.05, 0.1) is 9.83 Å². The molecular formula is C15H16BrNO2S2. The molecule has 6 heteroatoms. The summed E-state index contributed by atoms with van der Waals surface area (Å²) in [7, 11) is 0. The third-order valence-electron chi connectivity index (χ3n) is 3.81. The number of carbonyl (C=O) groups is 1. The van der Waals surface area contributed by atoms with Crippen LogP contribution in [0, 0.1) is 6.92 Å². The van der Waals surface area contributed by atoms with Crippen LogP contribution in [0.2, 0.25) is 0 Å². The van der Waals surface area contributed by atoms with Crippen molar-refractivity contribution in [3.05, 3.63) is 42.7 Å². The average molecular weight is 386 g/mol. The fourth-order valence-corrected chi connectivity index (χ4v) is 5.56. The summed E-state index contributed by atoms with van der Waals surface area (Å²) < 4.78 is 1.09. The number of aliphatic carboxylic acids is 1. The van der Waals surface area contributed by atoms with Crippen molar-refractivity contribution in [2.24, 2.45) is 0 Å². The molecule has 1 aliphatic heterocycles. The quantitative estimate of drug-likeness (QED) is 0.840. The minimum Gasteiger partial charge on any atom is -0.480 e. The summed E-state index contributed by atoms with van der Waals surface area (Å²) in [5, 5.41) is 9.49. The van der Waals surface area contributed by atoms with Gasteiger partial charge in [0.1, 0.15) is 6.04 Å². The number of carboxylic acid groups (broad SMARTS) is 1. The minimum atomic E-state index is -0.707. The largest absolute Gasteiger partial charge is 0.480 e. The first kappa shape index (κ1) is 15.2. The lowest BCUT2D eigenvalue weighted by molar-refractivity contribution is -0.142. The molecule has 2 unspecified atom stereocenters. The zero-order chi connectivity index (χ0) is 15.0. The summed E-state index contributed by atoms with van der Waals surface area (Å²) in [5.41, 5.74) is 0. The molecule has 1 saturated heterocycles. The second-order valence-corrected chi connectivity index (χ2v) is 9.04. The van der Waals surface area contributed by atoms with Gasteiger partial charge in [-0.15, -0.1) is 22.7 Å². The molecule has 1 aliphatic rings. The Labute approximate surface area is 140 Å². The van der Waals surface area contributed by atoms with E-state index in [4.69, 9.17) is 0 Å². The number of aryl methyl sites for hydroxylation is 1. The van der Waals surface area contributed by atoms with Gasteiger partial charge in [0.2, 0.25) is 0 Å². The van der Waals surface area contributed by atoms with Crippen molar-refractivity contribution >= 4 is 44.6 Å². The Morgan fingerprint density at radius 2 is 2.05 bits per heavy atom. The maximum atomic E-state index is 11.5. The first-order valence-corrected chi connectivity index (χ1v) is 9.29. The van der Waals surface area contributed by atoms with E-state index in [-0.39, 0.29) is 12.1 Å². The highest BCUT2D eigenvalue weighted by atomic mass is 79.9. The fourth-order valence-electron chi connectivity index (χ4n) is 2.91. The number of halogens is 1. The Kier molecular flexibility index (Phi) is 4.49. The van der Waals surface area contributed by atoms with Gasteiger partial charge < -0.3 is 5.11 Å². The number of likely N-dealkylation sites (tertiary alicyclic amines) is 1. The highest BCUT2D eigenvalue weighted by molar-refractivity contribution is 9.11. The van der Waals surface area contributed by atoms with E-state index in [1.165, 1.54) is 14.6 Å². The van der Waals surface area contributed by atoms with Gasteiger partial charge in [-0.25, -0.2) is 0 Å². The molecule has 0 bridgehead atoms. The lowest BCUT2D eigenvalue weighted by Crippen LogP contribution is -2.38. The van der Waals surface area contributed by atoms with Crippen LogP contribution >= 0.6 is 38.6 Å². The summed E-state index contributed by atoms with van der Waals surface area (Å²) in [6, 6.07) is 8.07. The molecule has 21 heavy (non-hydrogen) atoms. The molecule has 3 nitrogen and oxygen atoms in total. The van der Waals surface area contributed by atoms with Crippen LogP contribution in [0.3, 0.4) is 0 Å². The van der Waals surface area contributed by atoms with E-state index in [1.54, 1.807) is 22.7 Å². The van der Waals surface area contributed by atoms with Gasteiger partial charge >= 0.3 is 5.97 Å². The minimum absolute atomic E-state index is 0.0589. The van der Waals surface area contributed by atoms with Crippen LogP contribution < -0.4 is 0 Å². The van der Waals surface area contributed by atoms with Gasteiger partial charge in [0.15, 0.2) is 0 Å². The summed E-state index contributed by atoms with van der Waals surface area (Å²) in [6.07, 6.45) is 1.69. The predicted molar refractivity (Wildman–Crippen MR) is 90.3 cm³/mol. The van der Waals surface area contributed by atoms with Crippen LogP contribution in [0.15, 0.2) is 28.1 Å². The van der Waals surface area contributed by atoms with Crippen LogP contribution in [0.25, 0.3) is 0 Å². The van der Waals surface area contributed by atoms with Crippen molar-refractivity contribution in [2.45, 2.75) is 31.8 Å². The average Bonchev–Trinajstić information content (AvgIpc) is 3.13. The zero-order valence-corrected chi connectivity index (χ0v) is 14.8. The van der Waals surface area contributed by atoms with E-state index >= 15 is 0 Å². The molecule has 1 fully saturated rings. The molecule has 0 saturated carbocycles. The van der Waals surface area contributed by atoms with E-state index in [0.29, 0.717) is 0 Å². The number of carboxylic acids is 1. The van der Waals surface area contributed by atoms with Gasteiger partial charge in [-0.1, -0.05) is 0 Å². The maximum Gasteiger partial charge on any atom is 0.320 e. The molecule has 3 rings (SSSR count). The molecule has 3 heterocycles. The van der Waals surface area contributed by atoms with Crippen molar-refractivity contribution in [3.63, 3.8) is 0 Å². The van der Waals surface area contributed by atoms with Crippen LogP contribution in [-0.2, 0) is 4.79 Å². The molecule has 0 spiro atoms. The van der Waals surface area contributed by atoms with E-state index in [0.717, 1.165) is 23.2 Å². The smallest absolute Gasteiger partial charge is 0.320 e. The van der Waals surface area contributed by atoms with Gasteiger partial charge in [-0.2, -0.15) is 0 Å². The number of rotatable bonds is 4. The first-order valence-electron chi connectivity index (χ1n) is 6.86. The molecule has 0 radical (unpaired) electrons. The molecule has 2 aromatic rings. The molecule has 0 aliphatic carbocycles. The molecule has 0 amide bonds. The molecular weight excluding hydrogens is 370 g/mol. The van der Waals surface area contributed by atoms with Gasteiger partial charge in [0, 0.05) is 21.2 Å². The van der Waals surface area contributed by atoms with Crippen molar-refractivity contribution in [1.29, 1.82) is 0 Å². The lowest BCUT2D eigenvalue weighted by atomic mass is 10.1. The number of hydrogen-bond acceptors (Lipinski definition) is 4. The Bertz CT molecular complexity index is 611. The maximum absolute atomic E-state index is 11.5. The topological polar surface area (TPSA) is 40.5 Å². The Balaban J connectivity index is 2.02. The fraction of sp³-hybridized carbons (Fsp3) is 0.400. The highest BCUT2D eigenvalue weighted by Gasteiger charge is 2.37. The van der Waals surface area contributed by atoms with Gasteiger partial charge in [-0.05, 0) is 60.0 Å². The second kappa shape index (κ2) is 6.20. The monoisotopic (exact) mass is 385 g/mol. The first-order chi connectivity index (χ1) is 10.1. The van der Waals surface area contributed by atoms with Crippen LogP contribution in [0.5, 0.6) is 0 Å². The van der Waals surface area contributed by atoms with E-state index in [1.807, 2.05) is 6.07 Å². The molecule has 2 aromatic heterocycles. The van der Waals surface area contributed by atoms with E-state index < -0.39 is 5.97 Å². The number of hydrogen-bond donors (Lipinski definition) is 1. The van der Waals surface area contributed by atoms with Crippen LogP contribution in [0.1, 0.15) is 33.5 Å². The van der Waals surface area contributed by atoms with Crippen LogP contribution in [-0.4, -0.2) is 28.6 Å². The van der Waals surface area contributed by atoms with Gasteiger partial charge in [0.25, 0.3) is 0 Å². The predicted octanol–water partition coefficient (Wildman–Crippen LogP) is 4.52. The van der Waals surface area contributed by atoms with Crippen LogP contribution in [0.4, 0.5) is 0 Å². The van der Waals surface area contributed by atoms with E-state index in [2.05, 4.69) is 46.0 Å². The summed E-state index contributed by atoms with van der Waals surface area (Å²) in [5.74, 6) is -0.707. The third kappa shape index (κ3) is 3.08. The standard InChI is InChI=1S/C15H16BrNO2S2/c1-9-4-5-11(20-9)14(12-6-7-13(16)21-12)17-8-2-3-10(17)15(18)19/h4-7,10,14H,2-3,8H2,1H3,(H,18,19). The second-order valence-electron chi connectivity index (χ2n) is 5.23. The molecule has 2 atom stereocenters. The number of thiophene rings is 2. The molecule has 1 N–H and O–H groups in total. The summed E-state index contributed by atoms with van der Waals surface area (Å²) >= 11 is 6.96. The lowest BCUT2D eigenvalue weighted by Gasteiger charge is -2.29. The van der Waals surface area contributed by atoms with Crippen molar-refractivity contribution in [2.75, 3.05) is 6.54 Å². The molecule has 0 aromatic carbocycles. The molecule has 112 valence electrons. The Morgan fingerprint density at radius 3 is 2.62 bits per heavy atom.